The van der Waals surface area contributed by atoms with Gasteiger partial charge in [0.05, 0.1) is 14.2 Å². The van der Waals surface area contributed by atoms with Crippen LogP contribution in [0.5, 0.6) is 11.5 Å². The summed E-state index contributed by atoms with van der Waals surface area (Å²) in [5.74, 6) is 1.63. The lowest BCUT2D eigenvalue weighted by molar-refractivity contribution is -1.02. The summed E-state index contributed by atoms with van der Waals surface area (Å²) in [5.41, 5.74) is 3.40. The van der Waals surface area contributed by atoms with Crippen LogP contribution in [0.15, 0.2) is 42.5 Å². The van der Waals surface area contributed by atoms with Gasteiger partial charge in [0.2, 0.25) is 0 Å². The highest BCUT2D eigenvalue weighted by molar-refractivity contribution is 5.93. The van der Waals surface area contributed by atoms with Crippen LogP contribution in [-0.4, -0.2) is 52.3 Å². The predicted octanol–water partition coefficient (Wildman–Crippen LogP) is 0.577. The maximum Gasteiger partial charge on any atom is 0.282 e. The second-order valence-electron chi connectivity index (χ2n) is 8.04. The molecule has 0 aromatic heterocycles. The van der Waals surface area contributed by atoms with Crippen LogP contribution in [0.25, 0.3) is 0 Å². The van der Waals surface area contributed by atoms with Gasteiger partial charge in [0, 0.05) is 11.3 Å². The van der Waals surface area contributed by atoms with Gasteiger partial charge >= 0.3 is 0 Å². The topological polar surface area (TPSA) is 56.4 Å². The van der Waals surface area contributed by atoms with Gasteiger partial charge in [-0.1, -0.05) is 19.1 Å². The zero-order valence-electron chi connectivity index (χ0n) is 18.6. The molecule has 1 aliphatic rings. The molecule has 162 valence electrons. The summed E-state index contributed by atoms with van der Waals surface area (Å²) in [7, 11) is 3.32. The highest BCUT2D eigenvalue weighted by Gasteiger charge is 2.31. The Hall–Kier alpha value is -2.57. The Morgan fingerprint density at radius 2 is 1.60 bits per heavy atom. The molecule has 0 saturated carbocycles. The maximum absolute atomic E-state index is 12.7. The van der Waals surface area contributed by atoms with Gasteiger partial charge < -0.3 is 24.6 Å². The Labute approximate surface area is 179 Å². The second kappa shape index (κ2) is 10.5. The lowest BCUT2D eigenvalue weighted by Crippen LogP contribution is -3.29. The molecule has 1 amide bonds. The molecule has 0 radical (unpaired) electrons. The molecule has 6 heteroatoms. The SMILES string of the molecule is CCc1ccc(NC(=O)[C@H](C)[NH+]2CC[NH+](Cc3ccc(OC)c(OC)c3)CC2)cc1. The number of hydrogen-bond acceptors (Lipinski definition) is 3. The number of aryl methyl sites for hydroxylation is 1. The lowest BCUT2D eigenvalue weighted by Gasteiger charge is -2.32. The lowest BCUT2D eigenvalue weighted by atomic mass is 10.1. The first kappa shape index (κ1) is 22.1. The summed E-state index contributed by atoms with van der Waals surface area (Å²) < 4.78 is 10.7. The van der Waals surface area contributed by atoms with E-state index in [1.807, 2.05) is 25.1 Å². The van der Waals surface area contributed by atoms with Crippen molar-refractivity contribution < 1.29 is 24.1 Å². The average molecular weight is 414 g/mol. The summed E-state index contributed by atoms with van der Waals surface area (Å²) in [6.45, 7) is 9.20. The molecular weight excluding hydrogens is 378 g/mol. The van der Waals surface area contributed by atoms with Crippen molar-refractivity contribution in [3.05, 3.63) is 53.6 Å². The van der Waals surface area contributed by atoms with E-state index in [2.05, 4.69) is 36.5 Å². The molecule has 1 aliphatic heterocycles. The normalized spacial score (nSPS) is 19.7. The second-order valence-corrected chi connectivity index (χ2v) is 8.04. The minimum absolute atomic E-state index is 0.0570. The van der Waals surface area contributed by atoms with E-state index in [1.165, 1.54) is 20.9 Å². The van der Waals surface area contributed by atoms with Gasteiger partial charge in [-0.25, -0.2) is 0 Å². The van der Waals surface area contributed by atoms with E-state index in [-0.39, 0.29) is 11.9 Å². The van der Waals surface area contributed by atoms with Crippen LogP contribution in [-0.2, 0) is 17.8 Å². The van der Waals surface area contributed by atoms with Crippen molar-refractivity contribution in [1.82, 2.24) is 0 Å². The number of carbonyl (C=O) groups is 1. The molecule has 0 spiro atoms. The highest BCUT2D eigenvalue weighted by Crippen LogP contribution is 2.27. The van der Waals surface area contributed by atoms with Crippen molar-refractivity contribution >= 4 is 11.6 Å². The van der Waals surface area contributed by atoms with E-state index >= 15 is 0 Å². The predicted molar refractivity (Wildman–Crippen MR) is 119 cm³/mol. The molecule has 0 unspecified atom stereocenters. The summed E-state index contributed by atoms with van der Waals surface area (Å²) in [4.78, 5) is 15.6. The smallest absolute Gasteiger partial charge is 0.282 e. The van der Waals surface area contributed by atoms with Gasteiger partial charge in [-0.15, -0.1) is 0 Å². The molecule has 6 nitrogen and oxygen atoms in total. The van der Waals surface area contributed by atoms with Gasteiger partial charge in [-0.3, -0.25) is 4.79 Å². The van der Waals surface area contributed by atoms with E-state index < -0.39 is 0 Å². The molecule has 2 aromatic carbocycles. The van der Waals surface area contributed by atoms with Crippen molar-refractivity contribution in [3.8, 4) is 11.5 Å². The molecule has 2 aromatic rings. The zero-order valence-corrected chi connectivity index (χ0v) is 18.6. The number of anilines is 1. The Kier molecular flexibility index (Phi) is 7.71. The van der Waals surface area contributed by atoms with Gasteiger partial charge in [0.1, 0.15) is 32.7 Å². The third-order valence-electron chi connectivity index (χ3n) is 6.14. The van der Waals surface area contributed by atoms with Crippen LogP contribution in [0.3, 0.4) is 0 Å². The number of hydrogen-bond donors (Lipinski definition) is 3. The van der Waals surface area contributed by atoms with Crippen molar-refractivity contribution in [2.45, 2.75) is 32.9 Å². The maximum atomic E-state index is 12.7. The summed E-state index contributed by atoms with van der Waals surface area (Å²) in [5, 5.41) is 3.07. The number of quaternary nitrogens is 2. The van der Waals surface area contributed by atoms with Gasteiger partial charge in [0.25, 0.3) is 5.91 Å². The monoisotopic (exact) mass is 413 g/mol. The van der Waals surface area contributed by atoms with Crippen molar-refractivity contribution in [2.24, 2.45) is 0 Å². The van der Waals surface area contributed by atoms with Crippen molar-refractivity contribution in [3.63, 3.8) is 0 Å². The standard InChI is InChI=1S/C24H33N3O3/c1-5-19-6-9-21(10-7-19)25-24(28)18(2)27-14-12-26(13-15-27)17-20-8-11-22(29-3)23(16-20)30-4/h6-11,16,18H,5,12-15,17H2,1-4H3,(H,25,28)/p+2/t18-/m0/s1. The van der Waals surface area contributed by atoms with Crippen molar-refractivity contribution in [1.29, 1.82) is 0 Å². The van der Waals surface area contributed by atoms with Crippen LogP contribution in [0.1, 0.15) is 25.0 Å². The zero-order chi connectivity index (χ0) is 21.5. The first-order valence-electron chi connectivity index (χ1n) is 10.8. The minimum Gasteiger partial charge on any atom is -0.493 e. The highest BCUT2D eigenvalue weighted by atomic mass is 16.5. The molecule has 0 bridgehead atoms. The summed E-state index contributed by atoms with van der Waals surface area (Å²) in [6, 6.07) is 14.2. The number of rotatable bonds is 8. The molecule has 1 fully saturated rings. The van der Waals surface area contributed by atoms with Crippen LogP contribution in [0.4, 0.5) is 5.69 Å². The number of benzene rings is 2. The third kappa shape index (κ3) is 5.52. The Morgan fingerprint density at radius 1 is 0.967 bits per heavy atom. The fourth-order valence-corrected chi connectivity index (χ4v) is 4.07. The first-order chi connectivity index (χ1) is 14.5. The van der Waals surface area contributed by atoms with E-state index in [0.717, 1.165) is 56.3 Å². The number of nitrogens with one attached hydrogen (secondary N) is 3. The quantitative estimate of drug-likeness (QED) is 0.593. The molecule has 3 N–H and O–H groups in total. The first-order valence-corrected chi connectivity index (χ1v) is 10.8. The molecule has 3 rings (SSSR count). The number of methoxy groups -OCH3 is 2. The van der Waals surface area contributed by atoms with Crippen LogP contribution < -0.4 is 24.6 Å². The van der Waals surface area contributed by atoms with Crippen LogP contribution in [0, 0.1) is 0 Å². The van der Waals surface area contributed by atoms with E-state index in [0.29, 0.717) is 0 Å². The van der Waals surface area contributed by atoms with Gasteiger partial charge in [0.15, 0.2) is 17.5 Å². The van der Waals surface area contributed by atoms with Crippen LogP contribution in [0.2, 0.25) is 0 Å². The number of ether oxygens (including phenoxy) is 2. The number of amides is 1. The molecular formula is C24H35N3O3+2. The summed E-state index contributed by atoms with van der Waals surface area (Å²) >= 11 is 0. The fraction of sp³-hybridized carbons (Fsp3) is 0.458. The molecule has 1 saturated heterocycles. The molecule has 0 aliphatic carbocycles. The fourth-order valence-electron chi connectivity index (χ4n) is 4.07. The Balaban J connectivity index is 1.50. The Morgan fingerprint density at radius 3 is 2.20 bits per heavy atom. The molecule has 1 atom stereocenters. The van der Waals surface area contributed by atoms with Crippen LogP contribution >= 0.6 is 0 Å². The average Bonchev–Trinajstić information content (AvgIpc) is 2.79. The summed E-state index contributed by atoms with van der Waals surface area (Å²) in [6.07, 6.45) is 1.00. The van der Waals surface area contributed by atoms with E-state index in [4.69, 9.17) is 9.47 Å². The molecule has 1 heterocycles. The largest absolute Gasteiger partial charge is 0.493 e. The molecule has 30 heavy (non-hydrogen) atoms. The van der Waals surface area contributed by atoms with E-state index in [9.17, 15) is 4.79 Å². The minimum atomic E-state index is -0.0570. The third-order valence-corrected chi connectivity index (χ3v) is 6.14. The van der Waals surface area contributed by atoms with Gasteiger partial charge in [-0.05, 0) is 49.2 Å². The number of carbonyl (C=O) groups excluding carboxylic acids is 1. The Bertz CT molecular complexity index is 830. The van der Waals surface area contributed by atoms with Gasteiger partial charge in [-0.2, -0.15) is 0 Å². The number of piperazine rings is 1. The van der Waals surface area contributed by atoms with E-state index in [1.54, 1.807) is 14.2 Å². The van der Waals surface area contributed by atoms with Crippen molar-refractivity contribution in [2.75, 3.05) is 45.7 Å².